The van der Waals surface area contributed by atoms with Gasteiger partial charge in [0.1, 0.15) is 12.4 Å². The molecule has 210 valence electrons. The van der Waals surface area contributed by atoms with E-state index < -0.39 is 18.0 Å². The highest BCUT2D eigenvalue weighted by Crippen LogP contribution is 2.32. The summed E-state index contributed by atoms with van der Waals surface area (Å²) < 4.78 is 22.7. The molecule has 1 aliphatic heterocycles. The third-order valence-electron chi connectivity index (χ3n) is 6.13. The first kappa shape index (κ1) is 28.6. The fraction of sp³-hybridized carbons (Fsp3) is 0.172. The SMILES string of the molecule is COCCOC(=O)C1=C(C)N=c2s/c(=C/c3ccc(Cl)c(Cl)c3)c(=O)n2[C@H]1c1ccc(OC(=O)c2ccco2)cc1. The first-order valence-corrected chi connectivity index (χ1v) is 13.8. The summed E-state index contributed by atoms with van der Waals surface area (Å²) in [6, 6.07) is 13.8. The van der Waals surface area contributed by atoms with Gasteiger partial charge in [0.15, 0.2) is 4.80 Å². The van der Waals surface area contributed by atoms with Gasteiger partial charge in [-0.05, 0) is 60.5 Å². The zero-order valence-corrected chi connectivity index (χ0v) is 24.1. The molecule has 0 aliphatic carbocycles. The minimum atomic E-state index is -0.855. The third kappa shape index (κ3) is 6.06. The first-order valence-electron chi connectivity index (χ1n) is 12.3. The molecule has 9 nitrogen and oxygen atoms in total. The van der Waals surface area contributed by atoms with Crippen LogP contribution >= 0.6 is 34.5 Å². The fourth-order valence-corrected chi connectivity index (χ4v) is 5.57. The summed E-state index contributed by atoms with van der Waals surface area (Å²) in [5, 5.41) is 0.756. The summed E-state index contributed by atoms with van der Waals surface area (Å²) in [7, 11) is 1.50. The van der Waals surface area contributed by atoms with Crippen LogP contribution in [0.25, 0.3) is 6.08 Å². The van der Waals surface area contributed by atoms with Crippen LogP contribution in [-0.4, -0.2) is 36.8 Å². The molecular formula is C29H22Cl2N2O7S. The number of thiazole rings is 1. The Hall–Kier alpha value is -3.96. The Labute approximate surface area is 247 Å². The Kier molecular flexibility index (Phi) is 8.55. The van der Waals surface area contributed by atoms with Crippen molar-refractivity contribution in [3.05, 3.63) is 119 Å². The number of methoxy groups -OCH3 is 1. The minimum absolute atomic E-state index is 0.0300. The topological polar surface area (TPSA) is 109 Å². The maximum Gasteiger partial charge on any atom is 0.379 e. The summed E-state index contributed by atoms with van der Waals surface area (Å²) in [6.45, 7) is 1.93. The molecule has 2 aromatic carbocycles. The van der Waals surface area contributed by atoms with E-state index in [0.29, 0.717) is 36.2 Å². The molecule has 12 heteroatoms. The van der Waals surface area contributed by atoms with Gasteiger partial charge in [-0.25, -0.2) is 14.6 Å². The molecule has 0 amide bonds. The van der Waals surface area contributed by atoms with Crippen LogP contribution in [0, 0.1) is 0 Å². The number of hydrogen-bond acceptors (Lipinski definition) is 9. The van der Waals surface area contributed by atoms with E-state index in [-0.39, 0.29) is 35.9 Å². The van der Waals surface area contributed by atoms with Crippen LogP contribution in [0.15, 0.2) is 86.3 Å². The van der Waals surface area contributed by atoms with Gasteiger partial charge in [0.25, 0.3) is 5.56 Å². The van der Waals surface area contributed by atoms with Crippen LogP contribution in [0.5, 0.6) is 5.75 Å². The minimum Gasteiger partial charge on any atom is -0.460 e. The predicted octanol–water partition coefficient (Wildman–Crippen LogP) is 4.54. The second-order valence-electron chi connectivity index (χ2n) is 8.82. The largest absolute Gasteiger partial charge is 0.460 e. The van der Waals surface area contributed by atoms with Gasteiger partial charge in [-0.2, -0.15) is 0 Å². The van der Waals surface area contributed by atoms with Crippen molar-refractivity contribution in [3.8, 4) is 5.75 Å². The van der Waals surface area contributed by atoms with Crippen molar-refractivity contribution in [2.24, 2.45) is 4.99 Å². The molecule has 1 atom stereocenters. The van der Waals surface area contributed by atoms with Crippen LogP contribution in [0.1, 0.15) is 34.6 Å². The molecule has 0 spiro atoms. The molecule has 2 aromatic heterocycles. The summed E-state index contributed by atoms with van der Waals surface area (Å²) >= 11 is 13.4. The number of carbonyl (C=O) groups is 2. The number of carbonyl (C=O) groups excluding carboxylic acids is 2. The van der Waals surface area contributed by atoms with Crippen LogP contribution in [0.3, 0.4) is 0 Å². The highest BCUT2D eigenvalue weighted by Gasteiger charge is 2.33. The lowest BCUT2D eigenvalue weighted by atomic mass is 9.96. The Morgan fingerprint density at radius 3 is 2.54 bits per heavy atom. The molecule has 0 fully saturated rings. The first-order chi connectivity index (χ1) is 19.8. The van der Waals surface area contributed by atoms with E-state index in [1.54, 1.807) is 61.5 Å². The quantitative estimate of drug-likeness (QED) is 0.163. The maximum atomic E-state index is 13.8. The number of nitrogens with zero attached hydrogens (tertiary/aromatic N) is 2. The number of benzene rings is 2. The van der Waals surface area contributed by atoms with Crippen molar-refractivity contribution >= 4 is 52.6 Å². The number of ether oxygens (including phenoxy) is 3. The number of hydrogen-bond donors (Lipinski definition) is 0. The Bertz CT molecular complexity index is 1820. The van der Waals surface area contributed by atoms with Crippen molar-refractivity contribution in [3.63, 3.8) is 0 Å². The number of fused-ring (bicyclic) bond motifs is 1. The maximum absolute atomic E-state index is 13.8. The molecule has 5 rings (SSSR count). The average Bonchev–Trinajstić information content (AvgIpc) is 3.59. The smallest absolute Gasteiger partial charge is 0.379 e. The van der Waals surface area contributed by atoms with Gasteiger partial charge in [0.2, 0.25) is 5.76 Å². The van der Waals surface area contributed by atoms with Crippen LogP contribution in [0.4, 0.5) is 0 Å². The van der Waals surface area contributed by atoms with Gasteiger partial charge in [0, 0.05) is 7.11 Å². The van der Waals surface area contributed by atoms with Gasteiger partial charge in [-0.1, -0.05) is 52.7 Å². The normalized spacial score (nSPS) is 14.9. The van der Waals surface area contributed by atoms with Crippen molar-refractivity contribution in [1.82, 2.24) is 4.57 Å². The van der Waals surface area contributed by atoms with E-state index in [1.807, 2.05) is 0 Å². The average molecular weight is 613 g/mol. The Morgan fingerprint density at radius 1 is 1.07 bits per heavy atom. The zero-order chi connectivity index (χ0) is 29.1. The van der Waals surface area contributed by atoms with Gasteiger partial charge >= 0.3 is 11.9 Å². The standard InChI is InChI=1S/C29H22Cl2N2O7S/c1-16-24(28(36)39-13-12-37-2)25(18-6-8-19(9-7-18)40-27(35)22-4-3-11-38-22)33-26(34)23(41-29(33)32-16)15-17-5-10-20(30)21(31)14-17/h3-11,14-15,25H,12-13H2,1-2H3/b23-15+/t25-/m0/s1. The van der Waals surface area contributed by atoms with Crippen LogP contribution in [0.2, 0.25) is 10.0 Å². The van der Waals surface area contributed by atoms with E-state index in [2.05, 4.69) is 4.99 Å². The van der Waals surface area contributed by atoms with E-state index in [0.717, 1.165) is 0 Å². The van der Waals surface area contributed by atoms with Crippen molar-refractivity contribution in [2.75, 3.05) is 20.3 Å². The highest BCUT2D eigenvalue weighted by molar-refractivity contribution is 7.07. The summed E-state index contributed by atoms with van der Waals surface area (Å²) in [6.07, 6.45) is 3.06. The molecule has 1 aliphatic rings. The summed E-state index contributed by atoms with van der Waals surface area (Å²) in [4.78, 5) is 44.3. The number of furan rings is 1. The lowest BCUT2D eigenvalue weighted by molar-refractivity contribution is -0.140. The van der Waals surface area contributed by atoms with Crippen molar-refractivity contribution in [1.29, 1.82) is 0 Å². The molecule has 0 saturated carbocycles. The molecule has 4 aromatic rings. The third-order valence-corrected chi connectivity index (χ3v) is 7.85. The molecule has 0 bridgehead atoms. The van der Waals surface area contributed by atoms with Crippen LogP contribution < -0.4 is 19.6 Å². The van der Waals surface area contributed by atoms with Crippen molar-refractivity contribution < 1.29 is 28.2 Å². The van der Waals surface area contributed by atoms with Gasteiger partial charge in [0.05, 0.1) is 44.8 Å². The van der Waals surface area contributed by atoms with Crippen molar-refractivity contribution in [2.45, 2.75) is 13.0 Å². The summed E-state index contributed by atoms with van der Waals surface area (Å²) in [5.74, 6) is -0.966. The molecule has 0 unspecified atom stereocenters. The number of esters is 2. The number of rotatable bonds is 8. The van der Waals surface area contributed by atoms with Gasteiger partial charge < -0.3 is 18.6 Å². The predicted molar refractivity (Wildman–Crippen MR) is 153 cm³/mol. The molecule has 0 radical (unpaired) electrons. The Morgan fingerprint density at radius 2 is 1.85 bits per heavy atom. The second kappa shape index (κ2) is 12.3. The van der Waals surface area contributed by atoms with E-state index >= 15 is 0 Å². The van der Waals surface area contributed by atoms with Gasteiger partial charge in [-0.15, -0.1) is 0 Å². The Balaban J connectivity index is 1.57. The summed E-state index contributed by atoms with van der Waals surface area (Å²) in [5.41, 5.74) is 1.52. The monoisotopic (exact) mass is 612 g/mol. The zero-order valence-electron chi connectivity index (χ0n) is 21.8. The van der Waals surface area contributed by atoms with Gasteiger partial charge in [-0.3, -0.25) is 9.36 Å². The highest BCUT2D eigenvalue weighted by atomic mass is 35.5. The lowest BCUT2D eigenvalue weighted by Gasteiger charge is -2.25. The van der Waals surface area contributed by atoms with E-state index in [4.69, 9.17) is 41.8 Å². The molecule has 0 saturated heterocycles. The number of aromatic nitrogens is 1. The fourth-order valence-electron chi connectivity index (χ4n) is 4.22. The molecular weight excluding hydrogens is 591 g/mol. The van der Waals surface area contributed by atoms with E-state index in [9.17, 15) is 14.4 Å². The second-order valence-corrected chi connectivity index (χ2v) is 10.6. The molecule has 41 heavy (non-hydrogen) atoms. The lowest BCUT2D eigenvalue weighted by Crippen LogP contribution is -2.40. The number of halogens is 2. The van der Waals surface area contributed by atoms with E-state index in [1.165, 1.54) is 35.3 Å². The van der Waals surface area contributed by atoms with Crippen LogP contribution in [-0.2, 0) is 14.3 Å². The number of allylic oxidation sites excluding steroid dienone is 1. The molecule has 3 heterocycles. The molecule has 0 N–H and O–H groups in total.